The van der Waals surface area contributed by atoms with Crippen LogP contribution < -0.4 is 10.6 Å². The van der Waals surface area contributed by atoms with E-state index in [4.69, 9.17) is 0 Å². The standard InChI is InChI=1S/C29H35N7O5/c1-19(32-25(37)22-9-4-14-34(22)28(40)20-7-2-12-30-17-20)27(39)36-16-6-11-24(36)29(41)35-15-5-10-23(35)26(38)33-21-8-3-13-31-18-21/h2-3,7-8,12-13,17-19,22-24H,4-6,9-11,14-16H2,1H3,(H,32,37)(H,33,38)/t19-,22-,23-,24-/m0/s1. The number of aromatic nitrogens is 2. The van der Waals surface area contributed by atoms with Gasteiger partial charge in [0.05, 0.1) is 17.4 Å². The van der Waals surface area contributed by atoms with Gasteiger partial charge in [0.25, 0.3) is 5.91 Å². The van der Waals surface area contributed by atoms with Crippen LogP contribution in [-0.4, -0.2) is 98.0 Å². The van der Waals surface area contributed by atoms with Crippen molar-refractivity contribution in [2.45, 2.75) is 69.6 Å². The number of hydrogen-bond acceptors (Lipinski definition) is 7. The molecule has 0 radical (unpaired) electrons. The van der Waals surface area contributed by atoms with E-state index in [0.717, 1.165) is 0 Å². The highest BCUT2D eigenvalue weighted by atomic mass is 16.2. The van der Waals surface area contributed by atoms with E-state index < -0.39 is 30.1 Å². The number of hydrogen-bond donors (Lipinski definition) is 2. The number of nitrogens with zero attached hydrogens (tertiary/aromatic N) is 5. The van der Waals surface area contributed by atoms with E-state index in [1.54, 1.807) is 54.7 Å². The molecule has 3 saturated heterocycles. The molecular formula is C29H35N7O5. The maximum atomic E-state index is 13.6. The Labute approximate surface area is 238 Å². The first kappa shape index (κ1) is 28.2. The van der Waals surface area contributed by atoms with Crippen molar-refractivity contribution in [1.29, 1.82) is 0 Å². The molecule has 12 nitrogen and oxygen atoms in total. The Morgan fingerprint density at radius 1 is 0.780 bits per heavy atom. The van der Waals surface area contributed by atoms with Gasteiger partial charge in [0.2, 0.25) is 23.6 Å². The number of carbonyl (C=O) groups is 5. The van der Waals surface area contributed by atoms with Gasteiger partial charge in [-0.15, -0.1) is 0 Å². The van der Waals surface area contributed by atoms with Crippen LogP contribution in [0.1, 0.15) is 55.8 Å². The summed E-state index contributed by atoms with van der Waals surface area (Å²) in [5, 5.41) is 5.61. The molecule has 2 N–H and O–H groups in total. The van der Waals surface area contributed by atoms with E-state index in [1.165, 1.54) is 16.0 Å². The monoisotopic (exact) mass is 561 g/mol. The van der Waals surface area contributed by atoms with Gasteiger partial charge >= 0.3 is 0 Å². The van der Waals surface area contributed by atoms with Gasteiger partial charge in [0.1, 0.15) is 24.2 Å². The molecule has 2 aromatic rings. The molecule has 0 spiro atoms. The second kappa shape index (κ2) is 12.4. The van der Waals surface area contributed by atoms with Gasteiger partial charge < -0.3 is 25.3 Å². The molecule has 3 aliphatic rings. The SMILES string of the molecule is C[C@H](NC(=O)[C@@H]1CCCN1C(=O)c1cccnc1)C(=O)N1CCC[C@H]1C(=O)N1CCC[C@H]1C(=O)Nc1cccnc1. The second-order valence-corrected chi connectivity index (χ2v) is 10.7. The van der Waals surface area contributed by atoms with Crippen molar-refractivity contribution in [3.63, 3.8) is 0 Å². The maximum Gasteiger partial charge on any atom is 0.256 e. The molecule has 216 valence electrons. The molecule has 5 amide bonds. The first-order valence-electron chi connectivity index (χ1n) is 14.2. The highest BCUT2D eigenvalue weighted by Crippen LogP contribution is 2.26. The Hall–Kier alpha value is -4.35. The zero-order chi connectivity index (χ0) is 28.9. The number of rotatable bonds is 7. The fourth-order valence-electron chi connectivity index (χ4n) is 6.00. The number of carbonyl (C=O) groups excluding carboxylic acids is 5. The average Bonchev–Trinajstić information content (AvgIpc) is 3.78. The predicted octanol–water partition coefficient (Wildman–Crippen LogP) is 1.21. The Morgan fingerprint density at radius 3 is 2.05 bits per heavy atom. The van der Waals surface area contributed by atoms with Crippen molar-refractivity contribution < 1.29 is 24.0 Å². The van der Waals surface area contributed by atoms with Crippen LogP contribution in [0.15, 0.2) is 49.1 Å². The Bertz CT molecular complexity index is 1290. The van der Waals surface area contributed by atoms with Crippen LogP contribution in [0.25, 0.3) is 0 Å². The van der Waals surface area contributed by atoms with Crippen molar-refractivity contribution >= 4 is 35.2 Å². The van der Waals surface area contributed by atoms with Gasteiger partial charge in [-0.05, 0) is 69.7 Å². The third kappa shape index (κ3) is 6.06. The fraction of sp³-hybridized carbons (Fsp3) is 0.483. The molecule has 0 saturated carbocycles. The molecule has 0 bridgehead atoms. The number of pyridine rings is 2. The zero-order valence-electron chi connectivity index (χ0n) is 23.1. The molecule has 0 aliphatic carbocycles. The summed E-state index contributed by atoms with van der Waals surface area (Å²) in [6, 6.07) is 3.91. The van der Waals surface area contributed by atoms with E-state index in [0.29, 0.717) is 69.4 Å². The van der Waals surface area contributed by atoms with Crippen LogP contribution in [0.2, 0.25) is 0 Å². The zero-order valence-corrected chi connectivity index (χ0v) is 23.1. The summed E-state index contributed by atoms with van der Waals surface area (Å²) < 4.78 is 0. The molecule has 4 atom stereocenters. The Balaban J connectivity index is 1.20. The van der Waals surface area contributed by atoms with Crippen molar-refractivity contribution in [1.82, 2.24) is 30.0 Å². The normalized spacial score (nSPS) is 22.9. The Morgan fingerprint density at radius 2 is 1.39 bits per heavy atom. The lowest BCUT2D eigenvalue weighted by Gasteiger charge is -2.32. The minimum atomic E-state index is -0.880. The van der Waals surface area contributed by atoms with Crippen LogP contribution in [0.3, 0.4) is 0 Å². The second-order valence-electron chi connectivity index (χ2n) is 10.7. The fourth-order valence-corrected chi connectivity index (χ4v) is 6.00. The molecule has 3 aliphatic heterocycles. The largest absolute Gasteiger partial charge is 0.343 e. The molecule has 3 fully saturated rings. The summed E-state index contributed by atoms with van der Waals surface area (Å²) in [5.74, 6) is -1.54. The molecule has 41 heavy (non-hydrogen) atoms. The minimum Gasteiger partial charge on any atom is -0.343 e. The summed E-state index contributed by atoms with van der Waals surface area (Å²) in [6.45, 7) is 2.88. The van der Waals surface area contributed by atoms with Gasteiger partial charge in [-0.3, -0.25) is 33.9 Å². The summed E-state index contributed by atoms with van der Waals surface area (Å²) >= 11 is 0. The first-order valence-corrected chi connectivity index (χ1v) is 14.2. The number of anilines is 1. The topological polar surface area (TPSA) is 145 Å². The highest BCUT2D eigenvalue weighted by Gasteiger charge is 2.43. The van der Waals surface area contributed by atoms with Crippen molar-refractivity contribution in [3.05, 3.63) is 54.6 Å². The number of likely N-dealkylation sites (tertiary alicyclic amines) is 3. The Kier molecular flexibility index (Phi) is 8.55. The van der Waals surface area contributed by atoms with Gasteiger partial charge in [0.15, 0.2) is 0 Å². The molecule has 5 heterocycles. The van der Waals surface area contributed by atoms with Crippen LogP contribution in [-0.2, 0) is 19.2 Å². The summed E-state index contributed by atoms with van der Waals surface area (Å²) in [4.78, 5) is 78.9. The summed E-state index contributed by atoms with van der Waals surface area (Å²) in [6.07, 6.45) is 9.78. The first-order chi connectivity index (χ1) is 19.8. The van der Waals surface area contributed by atoms with Gasteiger partial charge in [-0.25, -0.2) is 0 Å². The lowest BCUT2D eigenvalue weighted by Crippen LogP contribution is -2.56. The van der Waals surface area contributed by atoms with E-state index in [9.17, 15) is 24.0 Å². The quantitative estimate of drug-likeness (QED) is 0.517. The third-order valence-electron chi connectivity index (χ3n) is 8.04. The highest BCUT2D eigenvalue weighted by molar-refractivity contribution is 6.00. The minimum absolute atomic E-state index is 0.248. The smallest absolute Gasteiger partial charge is 0.256 e. The van der Waals surface area contributed by atoms with Crippen molar-refractivity contribution in [2.24, 2.45) is 0 Å². The molecule has 12 heteroatoms. The van der Waals surface area contributed by atoms with Gasteiger partial charge in [-0.1, -0.05) is 0 Å². The van der Waals surface area contributed by atoms with E-state index >= 15 is 0 Å². The third-order valence-corrected chi connectivity index (χ3v) is 8.04. The molecule has 2 aromatic heterocycles. The van der Waals surface area contributed by atoms with Crippen molar-refractivity contribution in [3.8, 4) is 0 Å². The van der Waals surface area contributed by atoms with Gasteiger partial charge in [-0.2, -0.15) is 0 Å². The van der Waals surface area contributed by atoms with Gasteiger partial charge in [0, 0.05) is 38.2 Å². The maximum absolute atomic E-state index is 13.6. The van der Waals surface area contributed by atoms with Crippen LogP contribution in [0.4, 0.5) is 5.69 Å². The van der Waals surface area contributed by atoms with E-state index in [-0.39, 0.29) is 23.6 Å². The van der Waals surface area contributed by atoms with Crippen LogP contribution in [0, 0.1) is 0 Å². The van der Waals surface area contributed by atoms with Crippen LogP contribution in [0.5, 0.6) is 0 Å². The number of nitrogens with one attached hydrogen (secondary N) is 2. The molecule has 5 rings (SSSR count). The summed E-state index contributed by atoms with van der Waals surface area (Å²) in [7, 11) is 0. The lowest BCUT2D eigenvalue weighted by atomic mass is 10.1. The van der Waals surface area contributed by atoms with Crippen LogP contribution >= 0.6 is 0 Å². The number of amides is 5. The van der Waals surface area contributed by atoms with E-state index in [2.05, 4.69) is 20.6 Å². The predicted molar refractivity (Wildman–Crippen MR) is 148 cm³/mol. The molecule has 0 aromatic carbocycles. The molecule has 0 unspecified atom stereocenters. The average molecular weight is 562 g/mol. The van der Waals surface area contributed by atoms with Crippen molar-refractivity contribution in [2.75, 3.05) is 25.0 Å². The lowest BCUT2D eigenvalue weighted by molar-refractivity contribution is -0.147. The van der Waals surface area contributed by atoms with E-state index in [1.807, 2.05) is 0 Å². The molecular weight excluding hydrogens is 526 g/mol. The summed E-state index contributed by atoms with van der Waals surface area (Å²) in [5.41, 5.74) is 0.964.